The minimum Gasteiger partial charge on any atom is -0.396 e. The Hall–Kier alpha value is -0.370. The van der Waals surface area contributed by atoms with Crippen LogP contribution in [0.3, 0.4) is 0 Å². The average Bonchev–Trinajstić information content (AvgIpc) is 2.03. The Kier molecular flexibility index (Phi) is 1.59. The van der Waals surface area contributed by atoms with Crippen LogP contribution in [0.1, 0.15) is 26.7 Å². The molecule has 3 aliphatic carbocycles. The van der Waals surface area contributed by atoms with Gasteiger partial charge >= 0.3 is 0 Å². The number of rotatable bonds is 1. The van der Waals surface area contributed by atoms with Gasteiger partial charge in [0.15, 0.2) is 0 Å². The fourth-order valence-corrected chi connectivity index (χ4v) is 2.81. The second kappa shape index (κ2) is 2.32. The minimum absolute atomic E-state index is 0.0400. The van der Waals surface area contributed by atoms with Crippen molar-refractivity contribution < 1.29 is 9.90 Å². The number of fused-ring (bicyclic) bond motifs is 2. The molecule has 0 amide bonds. The lowest BCUT2D eigenvalue weighted by atomic mass is 9.46. The van der Waals surface area contributed by atoms with Gasteiger partial charge in [-0.15, -0.1) is 0 Å². The maximum atomic E-state index is 11.6. The SMILES string of the molecule is CC1(C)[C@H]2C[C@@H](CO)C(=O)[C@@H]1C2. The van der Waals surface area contributed by atoms with Gasteiger partial charge in [-0.2, -0.15) is 0 Å². The zero-order chi connectivity index (χ0) is 8.93. The Morgan fingerprint density at radius 3 is 2.58 bits per heavy atom. The topological polar surface area (TPSA) is 37.3 Å². The smallest absolute Gasteiger partial charge is 0.141 e. The molecule has 3 aliphatic rings. The molecule has 0 radical (unpaired) electrons. The zero-order valence-electron chi connectivity index (χ0n) is 7.71. The van der Waals surface area contributed by atoms with E-state index in [-0.39, 0.29) is 23.9 Å². The first kappa shape index (κ1) is 8.24. The highest BCUT2D eigenvalue weighted by Crippen LogP contribution is 2.58. The molecule has 0 spiro atoms. The number of Topliss-reactive ketones (excluding diaryl/α,β-unsaturated/α-hetero) is 1. The van der Waals surface area contributed by atoms with Gasteiger partial charge in [0.2, 0.25) is 0 Å². The van der Waals surface area contributed by atoms with Gasteiger partial charge < -0.3 is 5.11 Å². The van der Waals surface area contributed by atoms with Crippen LogP contribution in [0.2, 0.25) is 0 Å². The molecule has 3 fully saturated rings. The van der Waals surface area contributed by atoms with Crippen molar-refractivity contribution >= 4 is 5.78 Å². The Morgan fingerprint density at radius 2 is 2.17 bits per heavy atom. The van der Waals surface area contributed by atoms with E-state index in [1.807, 2.05) is 0 Å². The number of aliphatic hydroxyl groups excluding tert-OH is 1. The van der Waals surface area contributed by atoms with E-state index in [0.717, 1.165) is 12.8 Å². The number of carbonyl (C=O) groups is 1. The van der Waals surface area contributed by atoms with Crippen LogP contribution in [0.5, 0.6) is 0 Å². The number of carbonyl (C=O) groups excluding carboxylic acids is 1. The summed E-state index contributed by atoms with van der Waals surface area (Å²) in [6, 6.07) is 0. The van der Waals surface area contributed by atoms with Crippen LogP contribution in [-0.4, -0.2) is 17.5 Å². The van der Waals surface area contributed by atoms with Crippen LogP contribution in [0.25, 0.3) is 0 Å². The van der Waals surface area contributed by atoms with Crippen molar-refractivity contribution in [2.75, 3.05) is 6.61 Å². The molecule has 2 bridgehead atoms. The average molecular weight is 168 g/mol. The number of ketones is 1. The molecule has 2 heteroatoms. The van der Waals surface area contributed by atoms with Gasteiger partial charge in [-0.3, -0.25) is 4.79 Å². The van der Waals surface area contributed by atoms with E-state index in [1.165, 1.54) is 0 Å². The molecule has 12 heavy (non-hydrogen) atoms. The zero-order valence-corrected chi connectivity index (χ0v) is 7.71. The third-order valence-corrected chi connectivity index (χ3v) is 4.01. The Bertz CT molecular complexity index is 220. The van der Waals surface area contributed by atoms with Crippen LogP contribution in [0.4, 0.5) is 0 Å². The van der Waals surface area contributed by atoms with E-state index in [4.69, 9.17) is 5.11 Å². The monoisotopic (exact) mass is 168 g/mol. The van der Waals surface area contributed by atoms with Crippen LogP contribution in [0, 0.1) is 23.2 Å². The Morgan fingerprint density at radius 1 is 1.50 bits per heavy atom. The molecule has 0 aromatic rings. The Labute approximate surface area is 73.0 Å². The maximum Gasteiger partial charge on any atom is 0.141 e. The van der Waals surface area contributed by atoms with Crippen molar-refractivity contribution in [2.24, 2.45) is 23.2 Å². The summed E-state index contributed by atoms with van der Waals surface area (Å²) >= 11 is 0. The fraction of sp³-hybridized carbons (Fsp3) is 0.900. The number of hydrogen-bond donors (Lipinski definition) is 1. The van der Waals surface area contributed by atoms with Gasteiger partial charge in [-0.1, -0.05) is 13.8 Å². The minimum atomic E-state index is -0.0400. The van der Waals surface area contributed by atoms with Gasteiger partial charge in [-0.05, 0) is 24.2 Å². The molecule has 0 saturated heterocycles. The molecule has 3 saturated carbocycles. The lowest BCUT2D eigenvalue weighted by Gasteiger charge is -2.57. The molecular weight excluding hydrogens is 152 g/mol. The summed E-state index contributed by atoms with van der Waals surface area (Å²) in [5, 5.41) is 8.95. The summed E-state index contributed by atoms with van der Waals surface area (Å²) in [5.41, 5.74) is 0.225. The van der Waals surface area contributed by atoms with Gasteiger partial charge in [-0.25, -0.2) is 0 Å². The van der Waals surface area contributed by atoms with E-state index in [2.05, 4.69) is 13.8 Å². The van der Waals surface area contributed by atoms with Crippen molar-refractivity contribution in [1.29, 1.82) is 0 Å². The maximum absolute atomic E-state index is 11.6. The first-order valence-electron chi connectivity index (χ1n) is 4.72. The van der Waals surface area contributed by atoms with Crippen molar-refractivity contribution in [3.05, 3.63) is 0 Å². The quantitative estimate of drug-likeness (QED) is 0.639. The molecule has 0 heterocycles. The van der Waals surface area contributed by atoms with Gasteiger partial charge in [0.25, 0.3) is 0 Å². The molecule has 0 aliphatic heterocycles. The van der Waals surface area contributed by atoms with Crippen LogP contribution in [-0.2, 0) is 4.79 Å². The highest BCUT2D eigenvalue weighted by molar-refractivity contribution is 5.86. The summed E-state index contributed by atoms with van der Waals surface area (Å²) in [4.78, 5) is 11.6. The van der Waals surface area contributed by atoms with Crippen LogP contribution >= 0.6 is 0 Å². The van der Waals surface area contributed by atoms with Gasteiger partial charge in [0.05, 0.1) is 6.61 Å². The van der Waals surface area contributed by atoms with E-state index in [0.29, 0.717) is 11.7 Å². The summed E-state index contributed by atoms with van der Waals surface area (Å²) < 4.78 is 0. The molecular formula is C10H16O2. The van der Waals surface area contributed by atoms with Crippen LogP contribution in [0.15, 0.2) is 0 Å². The summed E-state index contributed by atoms with van der Waals surface area (Å²) in [6.07, 6.45) is 1.99. The van der Waals surface area contributed by atoms with Gasteiger partial charge in [0, 0.05) is 11.8 Å². The molecule has 3 rings (SSSR count). The second-order valence-electron chi connectivity index (χ2n) is 4.82. The van der Waals surface area contributed by atoms with E-state index in [1.54, 1.807) is 0 Å². The summed E-state index contributed by atoms with van der Waals surface area (Å²) in [7, 11) is 0. The second-order valence-corrected chi connectivity index (χ2v) is 4.82. The van der Waals surface area contributed by atoms with E-state index in [9.17, 15) is 4.79 Å². The van der Waals surface area contributed by atoms with Crippen molar-refractivity contribution in [2.45, 2.75) is 26.7 Å². The summed E-state index contributed by atoms with van der Waals surface area (Å²) in [6.45, 7) is 4.41. The van der Waals surface area contributed by atoms with Crippen molar-refractivity contribution in [3.63, 3.8) is 0 Å². The third-order valence-electron chi connectivity index (χ3n) is 4.01. The fourth-order valence-electron chi connectivity index (χ4n) is 2.81. The molecule has 2 nitrogen and oxygen atoms in total. The van der Waals surface area contributed by atoms with E-state index >= 15 is 0 Å². The first-order chi connectivity index (χ1) is 5.57. The normalized spacial score (nSPS) is 43.9. The molecule has 3 atom stereocenters. The predicted molar refractivity (Wildman–Crippen MR) is 45.6 cm³/mol. The molecule has 1 N–H and O–H groups in total. The predicted octanol–water partition coefficient (Wildman–Crippen LogP) is 1.23. The van der Waals surface area contributed by atoms with Crippen LogP contribution < -0.4 is 0 Å². The molecule has 0 aromatic heterocycles. The molecule has 0 aromatic carbocycles. The highest BCUT2D eigenvalue weighted by atomic mass is 16.3. The van der Waals surface area contributed by atoms with Crippen molar-refractivity contribution in [1.82, 2.24) is 0 Å². The third kappa shape index (κ3) is 0.817. The largest absolute Gasteiger partial charge is 0.396 e. The summed E-state index contributed by atoms with van der Waals surface area (Å²) in [5.74, 6) is 1.19. The number of hydrogen-bond acceptors (Lipinski definition) is 2. The number of aliphatic hydroxyl groups is 1. The standard InChI is InChI=1S/C10H16O2/c1-10(2)7-3-6(5-11)9(12)8(10)4-7/h6-8,11H,3-5H2,1-2H3/t6-,7-,8-/m0/s1. The Balaban J connectivity index is 2.17. The van der Waals surface area contributed by atoms with Gasteiger partial charge in [0.1, 0.15) is 5.78 Å². The lowest BCUT2D eigenvalue weighted by molar-refractivity contribution is -0.158. The molecule has 68 valence electrons. The van der Waals surface area contributed by atoms with Crippen molar-refractivity contribution in [3.8, 4) is 0 Å². The highest BCUT2D eigenvalue weighted by Gasteiger charge is 2.57. The first-order valence-corrected chi connectivity index (χ1v) is 4.72. The van der Waals surface area contributed by atoms with E-state index < -0.39 is 0 Å². The lowest BCUT2D eigenvalue weighted by Crippen LogP contribution is -2.56. The molecule has 0 unspecified atom stereocenters.